The first-order valence-electron chi connectivity index (χ1n) is 8.77. The predicted molar refractivity (Wildman–Crippen MR) is 101 cm³/mol. The summed E-state index contributed by atoms with van der Waals surface area (Å²) >= 11 is 0. The molecule has 0 amide bonds. The van der Waals surface area contributed by atoms with Crippen LogP contribution in [0.25, 0.3) is 11.1 Å². The fraction of sp³-hybridized carbons (Fsp3) is 0.455. The van der Waals surface area contributed by atoms with Crippen molar-refractivity contribution in [3.8, 4) is 11.1 Å². The molecule has 0 aromatic heterocycles. The molecule has 0 saturated carbocycles. The Balaban J connectivity index is 0.000000561. The van der Waals surface area contributed by atoms with Crippen LogP contribution in [-0.2, 0) is 12.8 Å². The van der Waals surface area contributed by atoms with Gasteiger partial charge in [0.1, 0.15) is 0 Å². The Morgan fingerprint density at radius 3 is 1.77 bits per heavy atom. The highest BCUT2D eigenvalue weighted by molar-refractivity contribution is 5.77. The fourth-order valence-electron chi connectivity index (χ4n) is 3.22. The molecular weight excluding hydrogens is 264 g/mol. The van der Waals surface area contributed by atoms with Crippen molar-refractivity contribution in [1.82, 2.24) is 0 Å². The van der Waals surface area contributed by atoms with E-state index in [0.717, 1.165) is 0 Å². The smallest absolute Gasteiger partial charge is 0.0119 e. The zero-order chi connectivity index (χ0) is 16.9. The van der Waals surface area contributed by atoms with E-state index >= 15 is 0 Å². The van der Waals surface area contributed by atoms with Crippen LogP contribution in [0.3, 0.4) is 0 Å². The third-order valence-electron chi connectivity index (χ3n) is 4.21. The lowest BCUT2D eigenvalue weighted by Crippen LogP contribution is -2.07. The normalized spacial score (nSPS) is 11.3. The van der Waals surface area contributed by atoms with Gasteiger partial charge in [-0.15, -0.1) is 0 Å². The summed E-state index contributed by atoms with van der Waals surface area (Å²) in [4.78, 5) is 0. The van der Waals surface area contributed by atoms with Gasteiger partial charge in [-0.1, -0.05) is 57.5 Å². The zero-order valence-electron chi connectivity index (χ0n) is 15.7. The molecule has 1 aliphatic carbocycles. The van der Waals surface area contributed by atoms with E-state index in [4.69, 9.17) is 0 Å². The Kier molecular flexibility index (Phi) is 6.87. The van der Waals surface area contributed by atoms with E-state index in [-0.39, 0.29) is 0 Å². The Bertz CT molecular complexity index is 633. The SMILES string of the molecule is CC.CC.Cc1cc(C)c2c(c1)CCc1cc(C)c(C)cc1-2. The molecule has 120 valence electrons. The second-order valence-corrected chi connectivity index (χ2v) is 5.71. The molecule has 0 unspecified atom stereocenters. The van der Waals surface area contributed by atoms with Crippen LogP contribution in [-0.4, -0.2) is 0 Å². The molecule has 22 heavy (non-hydrogen) atoms. The van der Waals surface area contributed by atoms with Crippen LogP contribution in [0, 0.1) is 27.7 Å². The molecule has 2 aromatic carbocycles. The van der Waals surface area contributed by atoms with Gasteiger partial charge in [0, 0.05) is 0 Å². The van der Waals surface area contributed by atoms with Crippen molar-refractivity contribution in [2.24, 2.45) is 0 Å². The van der Waals surface area contributed by atoms with Crippen LogP contribution in [0.1, 0.15) is 61.1 Å². The van der Waals surface area contributed by atoms with E-state index in [0.29, 0.717) is 0 Å². The van der Waals surface area contributed by atoms with Gasteiger partial charge >= 0.3 is 0 Å². The van der Waals surface area contributed by atoms with Crippen molar-refractivity contribution >= 4 is 0 Å². The Morgan fingerprint density at radius 2 is 1.14 bits per heavy atom. The first kappa shape index (κ1) is 18.5. The number of fused-ring (bicyclic) bond motifs is 3. The molecule has 2 aromatic rings. The molecule has 0 bridgehead atoms. The van der Waals surface area contributed by atoms with E-state index < -0.39 is 0 Å². The molecule has 0 N–H and O–H groups in total. The zero-order valence-corrected chi connectivity index (χ0v) is 15.7. The molecule has 0 radical (unpaired) electrons. The van der Waals surface area contributed by atoms with Crippen LogP contribution in [0.4, 0.5) is 0 Å². The van der Waals surface area contributed by atoms with E-state index in [1.165, 1.54) is 57.3 Å². The van der Waals surface area contributed by atoms with Gasteiger partial charge < -0.3 is 0 Å². The molecule has 0 nitrogen and oxygen atoms in total. The third kappa shape index (κ3) is 3.61. The van der Waals surface area contributed by atoms with Gasteiger partial charge in [0.2, 0.25) is 0 Å². The molecule has 1 aliphatic rings. The van der Waals surface area contributed by atoms with Gasteiger partial charge in [-0.25, -0.2) is 0 Å². The lowest BCUT2D eigenvalue weighted by Gasteiger charge is -2.24. The Hall–Kier alpha value is -1.56. The van der Waals surface area contributed by atoms with Crippen molar-refractivity contribution in [1.29, 1.82) is 0 Å². The summed E-state index contributed by atoms with van der Waals surface area (Å²) in [6, 6.07) is 9.43. The average molecular weight is 296 g/mol. The number of aryl methyl sites for hydroxylation is 6. The molecule has 3 rings (SSSR count). The minimum Gasteiger partial charge on any atom is -0.0683 e. The number of rotatable bonds is 0. The molecular formula is C22H32. The molecule has 0 atom stereocenters. The monoisotopic (exact) mass is 296 g/mol. The van der Waals surface area contributed by atoms with Crippen LogP contribution >= 0.6 is 0 Å². The number of benzene rings is 2. The standard InChI is InChI=1S/C18H20.2C2H6/c1-11-7-14(4)18-16(8-11)6-5-15-9-12(2)13(3)10-17(15)18;2*1-2/h7-10H,5-6H2,1-4H3;2*1-2H3. The van der Waals surface area contributed by atoms with Crippen LogP contribution < -0.4 is 0 Å². The molecule has 0 saturated heterocycles. The van der Waals surface area contributed by atoms with Crippen LogP contribution in [0.15, 0.2) is 24.3 Å². The summed E-state index contributed by atoms with van der Waals surface area (Å²) in [5, 5.41) is 0. The van der Waals surface area contributed by atoms with E-state index in [1.54, 1.807) is 0 Å². The molecule has 0 heterocycles. The summed E-state index contributed by atoms with van der Waals surface area (Å²) in [5.41, 5.74) is 11.7. The topological polar surface area (TPSA) is 0 Å². The maximum atomic E-state index is 2.38. The van der Waals surface area contributed by atoms with E-state index in [9.17, 15) is 0 Å². The summed E-state index contributed by atoms with van der Waals surface area (Å²) in [7, 11) is 0. The minimum atomic E-state index is 1.19. The largest absolute Gasteiger partial charge is 0.0683 e. The quantitative estimate of drug-likeness (QED) is 0.505. The average Bonchev–Trinajstić information content (AvgIpc) is 2.52. The van der Waals surface area contributed by atoms with Gasteiger partial charge in [0.05, 0.1) is 0 Å². The van der Waals surface area contributed by atoms with Crippen molar-refractivity contribution in [2.45, 2.75) is 68.2 Å². The van der Waals surface area contributed by atoms with Crippen molar-refractivity contribution < 1.29 is 0 Å². The van der Waals surface area contributed by atoms with E-state index in [2.05, 4.69) is 52.0 Å². The van der Waals surface area contributed by atoms with Gasteiger partial charge in [-0.05, 0) is 79.5 Å². The molecule has 0 aliphatic heterocycles. The van der Waals surface area contributed by atoms with Gasteiger partial charge in [-0.3, -0.25) is 0 Å². The van der Waals surface area contributed by atoms with Crippen molar-refractivity contribution in [3.05, 3.63) is 57.6 Å². The lowest BCUT2D eigenvalue weighted by molar-refractivity contribution is 0.932. The maximum Gasteiger partial charge on any atom is -0.0119 e. The highest BCUT2D eigenvalue weighted by Crippen LogP contribution is 2.37. The first-order chi connectivity index (χ1) is 10.6. The fourth-order valence-corrected chi connectivity index (χ4v) is 3.22. The molecule has 0 fully saturated rings. The Labute approximate surface area is 137 Å². The summed E-state index contributed by atoms with van der Waals surface area (Å²) < 4.78 is 0. The molecule has 0 heteroatoms. The van der Waals surface area contributed by atoms with Crippen molar-refractivity contribution in [3.63, 3.8) is 0 Å². The predicted octanol–water partition coefficient (Wildman–Crippen LogP) is 6.74. The highest BCUT2D eigenvalue weighted by Gasteiger charge is 2.18. The summed E-state index contributed by atoms with van der Waals surface area (Å²) in [6.07, 6.45) is 2.37. The first-order valence-corrected chi connectivity index (χ1v) is 8.77. The van der Waals surface area contributed by atoms with Crippen LogP contribution in [0.2, 0.25) is 0 Å². The van der Waals surface area contributed by atoms with Crippen LogP contribution in [0.5, 0.6) is 0 Å². The number of hydrogen-bond donors (Lipinski definition) is 0. The van der Waals surface area contributed by atoms with Crippen molar-refractivity contribution in [2.75, 3.05) is 0 Å². The van der Waals surface area contributed by atoms with Gasteiger partial charge in [0.15, 0.2) is 0 Å². The maximum absolute atomic E-state index is 2.38. The lowest BCUT2D eigenvalue weighted by atomic mass is 9.81. The summed E-state index contributed by atoms with van der Waals surface area (Å²) in [5.74, 6) is 0. The van der Waals surface area contributed by atoms with Gasteiger partial charge in [0.25, 0.3) is 0 Å². The second-order valence-electron chi connectivity index (χ2n) is 5.71. The number of hydrogen-bond acceptors (Lipinski definition) is 0. The Morgan fingerprint density at radius 1 is 0.591 bits per heavy atom. The van der Waals surface area contributed by atoms with Gasteiger partial charge in [-0.2, -0.15) is 0 Å². The van der Waals surface area contributed by atoms with E-state index in [1.807, 2.05) is 27.7 Å². The highest BCUT2D eigenvalue weighted by atomic mass is 14.2. The minimum absolute atomic E-state index is 1.19. The third-order valence-corrected chi connectivity index (χ3v) is 4.21. The summed E-state index contributed by atoms with van der Waals surface area (Å²) in [6.45, 7) is 16.9. The molecule has 0 spiro atoms. The second kappa shape index (κ2) is 8.17.